The molecule has 0 aliphatic rings. The van der Waals surface area contributed by atoms with Gasteiger partial charge in [-0.3, -0.25) is 14.2 Å². The minimum atomic E-state index is -0.132. The number of carbonyl (C=O) groups excluding carboxylic acids is 1. The molecule has 0 saturated heterocycles. The molecule has 0 bridgehead atoms. The van der Waals surface area contributed by atoms with Crippen molar-refractivity contribution >= 4 is 27.9 Å². The van der Waals surface area contributed by atoms with Crippen LogP contribution in [0.1, 0.15) is 16.9 Å². The second-order valence-corrected chi connectivity index (χ2v) is 5.37. The van der Waals surface area contributed by atoms with Crippen molar-refractivity contribution < 1.29 is 4.79 Å². The van der Waals surface area contributed by atoms with Crippen LogP contribution in [0.2, 0.25) is 0 Å². The summed E-state index contributed by atoms with van der Waals surface area (Å²) in [6.45, 7) is 1.39. The fourth-order valence-electron chi connectivity index (χ4n) is 1.92. The smallest absolute Gasteiger partial charge is 0.271 e. The van der Waals surface area contributed by atoms with E-state index in [1.807, 2.05) is 28.1 Å². The van der Waals surface area contributed by atoms with Crippen molar-refractivity contribution in [2.75, 3.05) is 18.4 Å². The molecule has 3 rings (SSSR count). The Morgan fingerprint density at radius 3 is 3.14 bits per heavy atom. The number of fused-ring (bicyclic) bond motifs is 1. The number of pyridine rings is 1. The fourth-order valence-corrected chi connectivity index (χ4v) is 2.62. The van der Waals surface area contributed by atoms with E-state index in [2.05, 4.69) is 20.6 Å². The highest BCUT2D eigenvalue weighted by Gasteiger charge is 2.10. The van der Waals surface area contributed by atoms with Gasteiger partial charge in [-0.2, -0.15) is 0 Å². The van der Waals surface area contributed by atoms with Gasteiger partial charge in [-0.25, -0.2) is 4.98 Å². The lowest BCUT2D eigenvalue weighted by molar-refractivity contribution is 0.0949. The Labute approximate surface area is 125 Å². The molecule has 6 nitrogen and oxygen atoms in total. The summed E-state index contributed by atoms with van der Waals surface area (Å²) in [5.41, 5.74) is 1.44. The summed E-state index contributed by atoms with van der Waals surface area (Å²) in [5.74, 6) is -0.132. The van der Waals surface area contributed by atoms with E-state index in [0.29, 0.717) is 12.2 Å². The van der Waals surface area contributed by atoms with Crippen LogP contribution in [0.4, 0.5) is 5.69 Å². The summed E-state index contributed by atoms with van der Waals surface area (Å²) in [6.07, 6.45) is 7.98. The molecule has 7 heteroatoms. The van der Waals surface area contributed by atoms with Gasteiger partial charge in [0.2, 0.25) is 0 Å². The molecule has 0 aliphatic carbocycles. The van der Waals surface area contributed by atoms with Crippen LogP contribution in [0.25, 0.3) is 4.96 Å². The molecule has 0 aromatic carbocycles. The zero-order chi connectivity index (χ0) is 14.5. The molecule has 0 unspecified atom stereocenters. The van der Waals surface area contributed by atoms with Gasteiger partial charge in [0.25, 0.3) is 5.91 Å². The van der Waals surface area contributed by atoms with Crippen molar-refractivity contribution in [3.8, 4) is 0 Å². The first-order valence-corrected chi connectivity index (χ1v) is 7.55. The number of rotatable bonds is 6. The maximum atomic E-state index is 11.9. The van der Waals surface area contributed by atoms with E-state index in [0.717, 1.165) is 23.6 Å². The van der Waals surface area contributed by atoms with Crippen molar-refractivity contribution in [2.24, 2.45) is 0 Å². The molecule has 0 spiro atoms. The molecule has 21 heavy (non-hydrogen) atoms. The summed E-state index contributed by atoms with van der Waals surface area (Å²) < 4.78 is 1.85. The molecule has 0 atom stereocenters. The summed E-state index contributed by atoms with van der Waals surface area (Å²) in [4.78, 5) is 21.1. The Morgan fingerprint density at radius 1 is 1.38 bits per heavy atom. The van der Waals surface area contributed by atoms with Crippen LogP contribution in [-0.4, -0.2) is 33.4 Å². The first kappa shape index (κ1) is 13.6. The van der Waals surface area contributed by atoms with Gasteiger partial charge < -0.3 is 10.6 Å². The zero-order valence-corrected chi connectivity index (χ0v) is 12.1. The standard InChI is InChI=1S/C14H15N5OS/c20-13(12-10-19-7-8-21-14(19)18-12)17-6-2-5-16-11-3-1-4-15-9-11/h1,3-4,7-10,16H,2,5-6H2,(H,17,20). The van der Waals surface area contributed by atoms with E-state index < -0.39 is 0 Å². The van der Waals surface area contributed by atoms with Crippen LogP contribution in [0.3, 0.4) is 0 Å². The third kappa shape index (κ3) is 3.38. The molecular weight excluding hydrogens is 286 g/mol. The maximum Gasteiger partial charge on any atom is 0.271 e. The van der Waals surface area contributed by atoms with Crippen molar-refractivity contribution in [3.63, 3.8) is 0 Å². The lowest BCUT2D eigenvalue weighted by atomic mass is 10.3. The lowest BCUT2D eigenvalue weighted by Gasteiger charge is -2.06. The summed E-state index contributed by atoms with van der Waals surface area (Å²) in [7, 11) is 0. The minimum Gasteiger partial charge on any atom is -0.384 e. The van der Waals surface area contributed by atoms with Gasteiger partial charge in [0, 0.05) is 43.3 Å². The van der Waals surface area contributed by atoms with Crippen molar-refractivity contribution in [1.29, 1.82) is 0 Å². The number of nitrogens with zero attached hydrogens (tertiary/aromatic N) is 3. The monoisotopic (exact) mass is 301 g/mol. The number of aromatic nitrogens is 3. The summed E-state index contributed by atoms with van der Waals surface area (Å²) in [6, 6.07) is 3.85. The Bertz CT molecular complexity index is 693. The summed E-state index contributed by atoms with van der Waals surface area (Å²) in [5, 5.41) is 8.05. The Hall–Kier alpha value is -2.41. The van der Waals surface area contributed by atoms with Gasteiger partial charge in [0.1, 0.15) is 5.69 Å². The van der Waals surface area contributed by atoms with Crippen molar-refractivity contribution in [3.05, 3.63) is 48.0 Å². The molecule has 0 fully saturated rings. The van der Waals surface area contributed by atoms with Gasteiger partial charge >= 0.3 is 0 Å². The number of carbonyl (C=O) groups is 1. The van der Waals surface area contributed by atoms with Crippen molar-refractivity contribution in [1.82, 2.24) is 19.7 Å². The third-order valence-corrected chi connectivity index (χ3v) is 3.73. The van der Waals surface area contributed by atoms with Crippen LogP contribution >= 0.6 is 11.3 Å². The SMILES string of the molecule is O=C(NCCCNc1cccnc1)c1cn2ccsc2n1. The molecular formula is C14H15N5OS. The topological polar surface area (TPSA) is 71.3 Å². The lowest BCUT2D eigenvalue weighted by Crippen LogP contribution is -2.26. The molecule has 0 saturated carbocycles. The van der Waals surface area contributed by atoms with Crippen LogP contribution in [0.5, 0.6) is 0 Å². The zero-order valence-electron chi connectivity index (χ0n) is 11.3. The highest BCUT2D eigenvalue weighted by atomic mass is 32.1. The average molecular weight is 301 g/mol. The van der Waals surface area contributed by atoms with Crippen LogP contribution in [-0.2, 0) is 0 Å². The molecule has 1 amide bonds. The van der Waals surface area contributed by atoms with Crippen molar-refractivity contribution in [2.45, 2.75) is 6.42 Å². The predicted octanol–water partition coefficient (Wildman–Crippen LogP) is 2.02. The van der Waals surface area contributed by atoms with Gasteiger partial charge in [-0.05, 0) is 18.6 Å². The van der Waals surface area contributed by atoms with E-state index in [1.54, 1.807) is 18.6 Å². The Balaban J connectivity index is 1.41. The number of hydrogen-bond acceptors (Lipinski definition) is 5. The minimum absolute atomic E-state index is 0.132. The Kier molecular flexibility index (Phi) is 4.11. The summed E-state index contributed by atoms with van der Waals surface area (Å²) >= 11 is 1.51. The second-order valence-electron chi connectivity index (χ2n) is 4.50. The number of nitrogens with one attached hydrogen (secondary N) is 2. The first-order chi connectivity index (χ1) is 10.3. The highest BCUT2D eigenvalue weighted by Crippen LogP contribution is 2.11. The van der Waals surface area contributed by atoms with Crippen LogP contribution < -0.4 is 10.6 Å². The fraction of sp³-hybridized carbons (Fsp3) is 0.214. The van der Waals surface area contributed by atoms with E-state index >= 15 is 0 Å². The van der Waals surface area contributed by atoms with Crippen LogP contribution in [0.15, 0.2) is 42.3 Å². The maximum absolute atomic E-state index is 11.9. The van der Waals surface area contributed by atoms with Gasteiger partial charge in [0.15, 0.2) is 4.96 Å². The quantitative estimate of drug-likeness (QED) is 0.683. The van der Waals surface area contributed by atoms with E-state index in [4.69, 9.17) is 0 Å². The molecule has 0 aliphatic heterocycles. The molecule has 2 N–H and O–H groups in total. The molecule has 3 aromatic heterocycles. The number of thiazole rings is 1. The normalized spacial score (nSPS) is 10.7. The number of amides is 1. The first-order valence-electron chi connectivity index (χ1n) is 6.67. The molecule has 108 valence electrons. The van der Waals surface area contributed by atoms with Gasteiger partial charge in [-0.1, -0.05) is 0 Å². The average Bonchev–Trinajstić information content (AvgIpc) is 3.09. The Morgan fingerprint density at radius 2 is 2.33 bits per heavy atom. The number of hydrogen-bond donors (Lipinski definition) is 2. The van der Waals surface area contributed by atoms with Crippen LogP contribution in [0, 0.1) is 0 Å². The van der Waals surface area contributed by atoms with Gasteiger partial charge in [-0.15, -0.1) is 11.3 Å². The predicted molar refractivity (Wildman–Crippen MR) is 82.7 cm³/mol. The largest absolute Gasteiger partial charge is 0.384 e. The van der Waals surface area contributed by atoms with Gasteiger partial charge in [0.05, 0.1) is 5.69 Å². The van der Waals surface area contributed by atoms with E-state index in [9.17, 15) is 4.79 Å². The molecule has 3 heterocycles. The third-order valence-electron chi connectivity index (χ3n) is 2.96. The highest BCUT2D eigenvalue weighted by molar-refractivity contribution is 7.15. The molecule has 3 aromatic rings. The number of imidazole rings is 1. The van der Waals surface area contributed by atoms with E-state index in [-0.39, 0.29) is 5.91 Å². The molecule has 0 radical (unpaired) electrons. The second kappa shape index (κ2) is 6.36. The van der Waals surface area contributed by atoms with E-state index in [1.165, 1.54) is 11.3 Å². The number of anilines is 1.